The van der Waals surface area contributed by atoms with Gasteiger partial charge in [-0.3, -0.25) is 0 Å². The smallest absolute Gasteiger partial charge is 0.120 e. The van der Waals surface area contributed by atoms with Crippen molar-refractivity contribution in [3.05, 3.63) is 23.7 Å². The fourth-order valence-corrected chi connectivity index (χ4v) is 1.13. The molecule has 4 heteroatoms. The first-order valence-corrected chi connectivity index (χ1v) is 4.26. The Morgan fingerprint density at radius 1 is 1.46 bits per heavy atom. The molecule has 0 amide bonds. The van der Waals surface area contributed by atoms with Gasteiger partial charge in [0.1, 0.15) is 11.5 Å². The number of nitrogens with two attached hydrogens (primary N) is 2. The predicted octanol–water partition coefficient (Wildman–Crippen LogP) is 1.75. The third-order valence-corrected chi connectivity index (χ3v) is 1.85. The lowest BCUT2D eigenvalue weighted by Crippen LogP contribution is -2.11. The standard InChI is InChI=1S/C9H16N2O.ClH/c1-7-4-5-9(12-7)8(11)3-2-6-10;/h4-5,8H,2-3,6,10-11H2,1H3;1H/t8-;/m0./s1. The van der Waals surface area contributed by atoms with Crippen LogP contribution in [0.3, 0.4) is 0 Å². The van der Waals surface area contributed by atoms with Crippen molar-refractivity contribution in [2.75, 3.05) is 6.54 Å². The van der Waals surface area contributed by atoms with Crippen LogP contribution in [0.4, 0.5) is 0 Å². The lowest BCUT2D eigenvalue weighted by molar-refractivity contribution is 0.430. The minimum Gasteiger partial charge on any atom is -0.465 e. The second-order valence-corrected chi connectivity index (χ2v) is 2.99. The number of furan rings is 1. The molecule has 0 bridgehead atoms. The first kappa shape index (κ1) is 12.5. The second kappa shape index (κ2) is 6.02. The van der Waals surface area contributed by atoms with Crippen LogP contribution in [0.1, 0.15) is 30.4 Å². The van der Waals surface area contributed by atoms with Crippen LogP contribution in [0, 0.1) is 6.92 Å². The van der Waals surface area contributed by atoms with Gasteiger partial charge in [-0.15, -0.1) is 12.4 Å². The summed E-state index contributed by atoms with van der Waals surface area (Å²) < 4.78 is 5.38. The molecule has 3 nitrogen and oxygen atoms in total. The van der Waals surface area contributed by atoms with E-state index in [0.717, 1.165) is 24.4 Å². The van der Waals surface area contributed by atoms with E-state index >= 15 is 0 Å². The molecule has 76 valence electrons. The molecule has 1 aromatic rings. The average molecular weight is 205 g/mol. The molecule has 0 aromatic carbocycles. The molecule has 0 radical (unpaired) electrons. The Bertz CT molecular complexity index is 237. The highest BCUT2D eigenvalue weighted by Crippen LogP contribution is 2.17. The highest BCUT2D eigenvalue weighted by molar-refractivity contribution is 5.85. The highest BCUT2D eigenvalue weighted by atomic mass is 35.5. The van der Waals surface area contributed by atoms with Crippen LogP contribution in [-0.4, -0.2) is 6.54 Å². The summed E-state index contributed by atoms with van der Waals surface area (Å²) in [6.07, 6.45) is 1.84. The molecule has 1 aromatic heterocycles. The summed E-state index contributed by atoms with van der Waals surface area (Å²) in [6, 6.07) is 3.86. The Morgan fingerprint density at radius 2 is 2.15 bits per heavy atom. The van der Waals surface area contributed by atoms with Crippen LogP contribution >= 0.6 is 12.4 Å². The van der Waals surface area contributed by atoms with Crippen molar-refractivity contribution in [1.82, 2.24) is 0 Å². The topological polar surface area (TPSA) is 65.2 Å². The minimum atomic E-state index is 0. The van der Waals surface area contributed by atoms with Crippen LogP contribution in [-0.2, 0) is 0 Å². The number of aryl methyl sites for hydroxylation is 1. The summed E-state index contributed by atoms with van der Waals surface area (Å²) in [4.78, 5) is 0. The molecule has 13 heavy (non-hydrogen) atoms. The van der Waals surface area contributed by atoms with Crippen molar-refractivity contribution < 1.29 is 4.42 Å². The van der Waals surface area contributed by atoms with Crippen LogP contribution in [0.15, 0.2) is 16.5 Å². The molecular formula is C9H17ClN2O. The van der Waals surface area contributed by atoms with E-state index in [1.165, 1.54) is 0 Å². The van der Waals surface area contributed by atoms with E-state index in [-0.39, 0.29) is 18.4 Å². The molecule has 1 heterocycles. The average Bonchev–Trinajstić information content (AvgIpc) is 2.47. The summed E-state index contributed by atoms with van der Waals surface area (Å²) in [7, 11) is 0. The number of halogens is 1. The van der Waals surface area contributed by atoms with Crippen molar-refractivity contribution >= 4 is 12.4 Å². The zero-order valence-corrected chi connectivity index (χ0v) is 8.64. The zero-order valence-electron chi connectivity index (χ0n) is 7.82. The molecule has 0 spiro atoms. The minimum absolute atomic E-state index is 0. The van der Waals surface area contributed by atoms with E-state index < -0.39 is 0 Å². The van der Waals surface area contributed by atoms with E-state index in [0.29, 0.717) is 6.54 Å². The fraction of sp³-hybridized carbons (Fsp3) is 0.556. The Balaban J connectivity index is 0.00000144. The zero-order chi connectivity index (χ0) is 8.97. The summed E-state index contributed by atoms with van der Waals surface area (Å²) in [5, 5.41) is 0. The lowest BCUT2D eigenvalue weighted by atomic mass is 10.1. The monoisotopic (exact) mass is 204 g/mol. The number of hydrogen-bond donors (Lipinski definition) is 2. The van der Waals surface area contributed by atoms with E-state index in [2.05, 4.69) is 0 Å². The van der Waals surface area contributed by atoms with Gasteiger partial charge in [-0.1, -0.05) is 0 Å². The third kappa shape index (κ3) is 3.81. The van der Waals surface area contributed by atoms with Crippen molar-refractivity contribution in [2.45, 2.75) is 25.8 Å². The van der Waals surface area contributed by atoms with E-state index in [1.54, 1.807) is 0 Å². The maximum Gasteiger partial charge on any atom is 0.120 e. The predicted molar refractivity (Wildman–Crippen MR) is 55.9 cm³/mol. The van der Waals surface area contributed by atoms with Crippen LogP contribution in [0.5, 0.6) is 0 Å². The molecule has 0 aliphatic heterocycles. The summed E-state index contributed by atoms with van der Waals surface area (Å²) in [6.45, 7) is 2.60. The van der Waals surface area contributed by atoms with Gasteiger partial charge in [0.25, 0.3) is 0 Å². The van der Waals surface area contributed by atoms with Gasteiger partial charge in [-0.25, -0.2) is 0 Å². The van der Waals surface area contributed by atoms with Crippen molar-refractivity contribution in [3.63, 3.8) is 0 Å². The molecule has 1 rings (SSSR count). The van der Waals surface area contributed by atoms with Gasteiger partial charge in [0.15, 0.2) is 0 Å². The van der Waals surface area contributed by atoms with Gasteiger partial charge in [0.05, 0.1) is 6.04 Å². The quantitative estimate of drug-likeness (QED) is 0.786. The largest absolute Gasteiger partial charge is 0.465 e. The van der Waals surface area contributed by atoms with Crippen molar-refractivity contribution in [3.8, 4) is 0 Å². The molecule has 0 saturated carbocycles. The highest BCUT2D eigenvalue weighted by Gasteiger charge is 2.08. The van der Waals surface area contributed by atoms with Crippen LogP contribution in [0.2, 0.25) is 0 Å². The van der Waals surface area contributed by atoms with Crippen molar-refractivity contribution in [2.24, 2.45) is 11.5 Å². The molecule has 1 atom stereocenters. The van der Waals surface area contributed by atoms with E-state index in [9.17, 15) is 0 Å². The van der Waals surface area contributed by atoms with Crippen molar-refractivity contribution in [1.29, 1.82) is 0 Å². The third-order valence-electron chi connectivity index (χ3n) is 1.85. The van der Waals surface area contributed by atoms with Gasteiger partial charge >= 0.3 is 0 Å². The Morgan fingerprint density at radius 3 is 2.62 bits per heavy atom. The van der Waals surface area contributed by atoms with Gasteiger partial charge in [-0.2, -0.15) is 0 Å². The number of hydrogen-bond acceptors (Lipinski definition) is 3. The van der Waals surface area contributed by atoms with Gasteiger partial charge in [-0.05, 0) is 38.4 Å². The second-order valence-electron chi connectivity index (χ2n) is 2.99. The fourth-order valence-electron chi connectivity index (χ4n) is 1.13. The molecule has 0 aliphatic carbocycles. The summed E-state index contributed by atoms with van der Waals surface area (Å²) >= 11 is 0. The Hall–Kier alpha value is -0.510. The first-order chi connectivity index (χ1) is 5.74. The SMILES string of the molecule is Cc1ccc([C@@H](N)CCCN)o1.Cl. The van der Waals surface area contributed by atoms with Gasteiger partial charge in [0.2, 0.25) is 0 Å². The molecule has 0 aliphatic rings. The van der Waals surface area contributed by atoms with Gasteiger partial charge in [0, 0.05) is 0 Å². The Kier molecular flexibility index (Phi) is 5.79. The maximum absolute atomic E-state index is 5.85. The van der Waals surface area contributed by atoms with E-state index in [1.807, 2.05) is 19.1 Å². The lowest BCUT2D eigenvalue weighted by Gasteiger charge is -2.06. The molecule has 4 N–H and O–H groups in total. The van der Waals surface area contributed by atoms with Gasteiger partial charge < -0.3 is 15.9 Å². The summed E-state index contributed by atoms with van der Waals surface area (Å²) in [5.74, 6) is 1.77. The number of rotatable bonds is 4. The molecular weight excluding hydrogens is 188 g/mol. The summed E-state index contributed by atoms with van der Waals surface area (Å²) in [5.41, 5.74) is 11.2. The van der Waals surface area contributed by atoms with Crippen LogP contribution in [0.25, 0.3) is 0 Å². The van der Waals surface area contributed by atoms with Crippen LogP contribution < -0.4 is 11.5 Å². The molecule has 0 saturated heterocycles. The maximum atomic E-state index is 5.85. The normalized spacial score (nSPS) is 12.2. The van der Waals surface area contributed by atoms with E-state index in [4.69, 9.17) is 15.9 Å². The Labute approximate surface area is 84.9 Å². The molecule has 0 unspecified atom stereocenters. The molecule has 0 fully saturated rings. The first-order valence-electron chi connectivity index (χ1n) is 4.26.